The van der Waals surface area contributed by atoms with Gasteiger partial charge in [-0.15, -0.1) is 0 Å². The molecule has 0 saturated carbocycles. The summed E-state index contributed by atoms with van der Waals surface area (Å²) < 4.78 is 90.2. The van der Waals surface area contributed by atoms with E-state index in [1.807, 2.05) is 4.90 Å². The SMILES string of the molecule is CCOC(=O)COc1nc2c3c(nc(-c4cc(N)c(F)c(C)c4C(F)(F)F)c(F)c3n1)O[C@@H](C)[C@@H]1[C@@H]3CC[C@H](CN21)N3. The molecule has 42 heavy (non-hydrogen) atoms. The molecule has 1 aromatic carbocycles. The Hall–Kier alpha value is -4.01. The molecule has 0 radical (unpaired) electrons. The van der Waals surface area contributed by atoms with Crippen LogP contribution in [-0.4, -0.2) is 64.9 Å². The largest absolute Gasteiger partial charge is 0.472 e. The van der Waals surface area contributed by atoms with E-state index >= 15 is 4.39 Å². The summed E-state index contributed by atoms with van der Waals surface area (Å²) in [6, 6.07) is 0.113. The Balaban J connectivity index is 1.61. The lowest BCUT2D eigenvalue weighted by Crippen LogP contribution is -2.62. The lowest BCUT2D eigenvalue weighted by Gasteiger charge is -2.42. The lowest BCUT2D eigenvalue weighted by molar-refractivity contribution is -0.145. The highest BCUT2D eigenvalue weighted by atomic mass is 19.4. The van der Waals surface area contributed by atoms with Crippen molar-refractivity contribution in [3.63, 3.8) is 0 Å². The summed E-state index contributed by atoms with van der Waals surface area (Å²) in [7, 11) is 0. The normalized spacial score (nSPS) is 22.9. The highest BCUT2D eigenvalue weighted by Crippen LogP contribution is 2.47. The van der Waals surface area contributed by atoms with Crippen molar-refractivity contribution in [3.05, 3.63) is 28.8 Å². The molecule has 15 heteroatoms. The Bertz CT molecular complexity index is 1600. The van der Waals surface area contributed by atoms with Crippen LogP contribution in [-0.2, 0) is 15.7 Å². The number of ether oxygens (including phenoxy) is 3. The molecule has 2 saturated heterocycles. The second-order valence-electron chi connectivity index (χ2n) is 10.6. The van der Waals surface area contributed by atoms with Crippen molar-refractivity contribution < 1.29 is 41.0 Å². The molecule has 0 spiro atoms. The minimum Gasteiger partial charge on any atom is -0.472 e. The molecule has 4 atom stereocenters. The molecule has 0 unspecified atom stereocenters. The molecule has 5 heterocycles. The predicted octanol–water partition coefficient (Wildman–Crippen LogP) is 3.91. The minimum absolute atomic E-state index is 0.0114. The number of hydrogen-bond donors (Lipinski definition) is 2. The standard InChI is InChI=1S/C27H27F5N6O4/c1-4-40-16(39)9-41-26-36-22-17-24(37-26)38-8-12-5-6-15(34-12)23(38)11(3)42-25(17)35-21(20(22)29)13-7-14(33)19(28)10(2)18(13)27(30,31)32/h7,11-12,15,23,34H,4-6,8-9,33H2,1-3H3/t11-,12+,15-,23+/m0/s1. The number of piperazine rings is 1. The lowest BCUT2D eigenvalue weighted by atomic mass is 9.96. The van der Waals surface area contributed by atoms with Crippen LogP contribution in [0.25, 0.3) is 22.2 Å². The van der Waals surface area contributed by atoms with Gasteiger partial charge in [-0.3, -0.25) is 0 Å². The van der Waals surface area contributed by atoms with E-state index in [2.05, 4.69) is 20.3 Å². The summed E-state index contributed by atoms with van der Waals surface area (Å²) in [5, 5.41) is 3.58. The fourth-order valence-electron chi connectivity index (χ4n) is 6.23. The van der Waals surface area contributed by atoms with Crippen LogP contribution < -0.4 is 25.4 Å². The third kappa shape index (κ3) is 4.50. The van der Waals surface area contributed by atoms with Crippen molar-refractivity contribution in [3.8, 4) is 23.1 Å². The summed E-state index contributed by atoms with van der Waals surface area (Å²) >= 11 is 0. The maximum absolute atomic E-state index is 16.4. The Labute approximate surface area is 236 Å². The van der Waals surface area contributed by atoms with E-state index in [4.69, 9.17) is 19.9 Å². The van der Waals surface area contributed by atoms with E-state index in [9.17, 15) is 22.4 Å². The Morgan fingerprint density at radius 3 is 2.69 bits per heavy atom. The van der Waals surface area contributed by atoms with Crippen LogP contribution in [0.4, 0.5) is 33.5 Å². The summed E-state index contributed by atoms with van der Waals surface area (Å²) in [5.41, 5.74) is 0.843. The monoisotopic (exact) mass is 594 g/mol. The molecule has 10 nitrogen and oxygen atoms in total. The fourth-order valence-corrected chi connectivity index (χ4v) is 6.23. The number of nitrogens with one attached hydrogen (secondary N) is 1. The number of carbonyl (C=O) groups excluding carboxylic acids is 1. The van der Waals surface area contributed by atoms with Gasteiger partial charge in [0.05, 0.1) is 23.9 Å². The number of alkyl halides is 3. The van der Waals surface area contributed by atoms with Gasteiger partial charge < -0.3 is 30.2 Å². The van der Waals surface area contributed by atoms with Crippen molar-refractivity contribution in [1.29, 1.82) is 0 Å². The predicted molar refractivity (Wildman–Crippen MR) is 140 cm³/mol. The van der Waals surface area contributed by atoms with Crippen LogP contribution in [0.3, 0.4) is 0 Å². The van der Waals surface area contributed by atoms with Crippen LogP contribution >= 0.6 is 0 Å². The van der Waals surface area contributed by atoms with Crippen LogP contribution in [0.2, 0.25) is 0 Å². The van der Waals surface area contributed by atoms with Gasteiger partial charge in [0, 0.05) is 24.2 Å². The van der Waals surface area contributed by atoms with Crippen LogP contribution in [0, 0.1) is 18.6 Å². The zero-order valence-corrected chi connectivity index (χ0v) is 22.8. The molecule has 3 N–H and O–H groups in total. The first-order valence-corrected chi connectivity index (χ1v) is 13.4. The molecule has 6 rings (SSSR count). The van der Waals surface area contributed by atoms with Crippen molar-refractivity contribution >= 4 is 28.4 Å². The number of rotatable bonds is 5. The molecular weight excluding hydrogens is 567 g/mol. The van der Waals surface area contributed by atoms with E-state index in [-0.39, 0.29) is 41.8 Å². The number of nitrogens with zero attached hydrogens (tertiary/aromatic N) is 4. The number of halogens is 5. The fraction of sp³-hybridized carbons (Fsp3) is 0.481. The molecule has 3 aromatic rings. The van der Waals surface area contributed by atoms with E-state index in [1.165, 1.54) is 0 Å². The van der Waals surface area contributed by atoms with Gasteiger partial charge in [0.2, 0.25) is 5.88 Å². The number of nitrogen functional groups attached to an aromatic ring is 1. The van der Waals surface area contributed by atoms with E-state index < -0.39 is 76.1 Å². The molecular formula is C27H27F5N6O4. The maximum Gasteiger partial charge on any atom is 0.417 e. The number of pyridine rings is 1. The summed E-state index contributed by atoms with van der Waals surface area (Å²) in [5.74, 6) is -3.22. The molecule has 224 valence electrons. The third-order valence-electron chi connectivity index (χ3n) is 7.92. The van der Waals surface area contributed by atoms with E-state index in [0.717, 1.165) is 19.8 Å². The smallest absolute Gasteiger partial charge is 0.417 e. The van der Waals surface area contributed by atoms with Crippen molar-refractivity contribution in [1.82, 2.24) is 20.3 Å². The molecule has 3 aliphatic rings. The summed E-state index contributed by atoms with van der Waals surface area (Å²) in [6.07, 6.45) is -3.90. The number of anilines is 2. The van der Waals surface area contributed by atoms with Crippen molar-refractivity contribution in [2.24, 2.45) is 0 Å². The number of benzene rings is 1. The van der Waals surface area contributed by atoms with Gasteiger partial charge >= 0.3 is 18.2 Å². The van der Waals surface area contributed by atoms with E-state index in [1.54, 1.807) is 13.8 Å². The minimum atomic E-state index is -5.07. The van der Waals surface area contributed by atoms with Gasteiger partial charge in [-0.25, -0.2) is 18.6 Å². The zero-order valence-electron chi connectivity index (χ0n) is 22.8. The molecule has 2 aromatic heterocycles. The van der Waals surface area contributed by atoms with Gasteiger partial charge in [0.25, 0.3) is 0 Å². The maximum atomic E-state index is 16.4. The highest BCUT2D eigenvalue weighted by molar-refractivity contribution is 5.97. The average Bonchev–Trinajstić information content (AvgIpc) is 3.25. The molecule has 0 aliphatic carbocycles. The topological polar surface area (TPSA) is 125 Å². The number of carbonyl (C=O) groups is 1. The summed E-state index contributed by atoms with van der Waals surface area (Å²) in [4.78, 5) is 26.8. The van der Waals surface area contributed by atoms with Crippen LogP contribution in [0.15, 0.2) is 6.07 Å². The molecule has 2 fully saturated rings. The van der Waals surface area contributed by atoms with E-state index in [0.29, 0.717) is 12.6 Å². The Morgan fingerprint density at radius 1 is 1.21 bits per heavy atom. The number of hydrogen-bond acceptors (Lipinski definition) is 10. The molecule has 3 aliphatic heterocycles. The number of esters is 1. The van der Waals surface area contributed by atoms with Gasteiger partial charge in [-0.2, -0.15) is 23.1 Å². The second kappa shape index (κ2) is 10.1. The van der Waals surface area contributed by atoms with Gasteiger partial charge in [-0.05, 0) is 45.2 Å². The van der Waals surface area contributed by atoms with Crippen molar-refractivity contribution in [2.75, 3.05) is 30.4 Å². The average molecular weight is 595 g/mol. The van der Waals surface area contributed by atoms with Crippen LogP contribution in [0.1, 0.15) is 37.8 Å². The third-order valence-corrected chi connectivity index (χ3v) is 7.92. The zero-order chi connectivity index (χ0) is 30.1. The Morgan fingerprint density at radius 2 is 1.98 bits per heavy atom. The first-order valence-electron chi connectivity index (χ1n) is 13.4. The first-order chi connectivity index (χ1) is 19.9. The molecule has 0 amide bonds. The van der Waals surface area contributed by atoms with Gasteiger partial charge in [0.1, 0.15) is 34.3 Å². The quantitative estimate of drug-likeness (QED) is 0.255. The number of nitrogens with two attached hydrogens (primary N) is 1. The van der Waals surface area contributed by atoms with Gasteiger partial charge in [0.15, 0.2) is 12.4 Å². The Kier molecular flexibility index (Phi) is 6.74. The highest BCUT2D eigenvalue weighted by Gasteiger charge is 2.47. The number of fused-ring (bicyclic) bond motifs is 5. The summed E-state index contributed by atoms with van der Waals surface area (Å²) in [6.45, 7) is 4.30. The molecule has 2 bridgehead atoms. The second-order valence-corrected chi connectivity index (χ2v) is 10.6. The first kappa shape index (κ1) is 28.1. The number of aromatic nitrogens is 3. The van der Waals surface area contributed by atoms with Crippen molar-refractivity contribution in [2.45, 2.75) is 64.0 Å². The van der Waals surface area contributed by atoms with Crippen LogP contribution in [0.5, 0.6) is 11.9 Å². The van der Waals surface area contributed by atoms with Gasteiger partial charge in [-0.1, -0.05) is 0 Å².